The molecule has 0 spiro atoms. The zero-order valence-corrected chi connectivity index (χ0v) is 16.2. The second kappa shape index (κ2) is 9.85. The minimum absolute atomic E-state index is 0.0188. The van der Waals surface area contributed by atoms with E-state index in [2.05, 4.69) is 0 Å². The van der Waals surface area contributed by atoms with E-state index >= 15 is 0 Å². The van der Waals surface area contributed by atoms with E-state index in [9.17, 15) is 24.8 Å². The quantitative estimate of drug-likeness (QED) is 0.498. The molecule has 0 saturated carbocycles. The molecule has 0 aliphatic rings. The Balaban J connectivity index is 2.49. The number of carboxylic acid groups (broad SMARTS) is 1. The van der Waals surface area contributed by atoms with Gasteiger partial charge in [-0.2, -0.15) is 0 Å². The van der Waals surface area contributed by atoms with Gasteiger partial charge >= 0.3 is 5.97 Å². The lowest BCUT2D eigenvalue weighted by Gasteiger charge is -2.26. The molecule has 0 unspecified atom stereocenters. The Labute approximate surface area is 167 Å². The summed E-state index contributed by atoms with van der Waals surface area (Å²) in [7, 11) is 0. The van der Waals surface area contributed by atoms with Crippen LogP contribution in [0.3, 0.4) is 0 Å². The number of halogens is 1. The lowest BCUT2D eigenvalue weighted by atomic mass is 10.0. The maximum Gasteiger partial charge on any atom is 0.335 e. The standard InChI is InChI=1S/C20H21ClN2O5/c1-2-3-19(24)22(13-14-4-8-17(21)9-5-14)18-12-16(20(25)26)7-6-15(18)10-11-23(27)28/h4-9,12H,2-3,10-11,13H2,1H3,(H,25,26). The molecule has 2 aromatic rings. The molecule has 0 atom stereocenters. The molecule has 0 saturated heterocycles. The molecule has 0 aliphatic heterocycles. The Morgan fingerprint density at radius 3 is 2.43 bits per heavy atom. The number of amides is 1. The number of carboxylic acids is 1. The maximum atomic E-state index is 12.8. The molecule has 0 aliphatic carbocycles. The first-order valence-electron chi connectivity index (χ1n) is 8.84. The molecule has 0 heterocycles. The third-order valence-electron chi connectivity index (χ3n) is 4.21. The van der Waals surface area contributed by atoms with Gasteiger partial charge in [-0.25, -0.2) is 4.79 Å². The first kappa shape index (κ1) is 21.4. The van der Waals surface area contributed by atoms with Crippen molar-refractivity contribution >= 4 is 29.2 Å². The molecule has 7 nitrogen and oxygen atoms in total. The molecule has 0 radical (unpaired) electrons. The number of nitrogens with zero attached hydrogens (tertiary/aromatic N) is 2. The van der Waals surface area contributed by atoms with Crippen molar-refractivity contribution in [3.8, 4) is 0 Å². The molecule has 2 aromatic carbocycles. The number of carbonyl (C=O) groups excluding carboxylic acids is 1. The summed E-state index contributed by atoms with van der Waals surface area (Å²) in [5.74, 6) is -1.31. The number of rotatable bonds is 9. The zero-order chi connectivity index (χ0) is 20.7. The number of aromatic carboxylic acids is 1. The predicted octanol–water partition coefficient (Wildman–Crippen LogP) is 4.19. The first-order valence-corrected chi connectivity index (χ1v) is 9.22. The van der Waals surface area contributed by atoms with Crippen molar-refractivity contribution in [2.75, 3.05) is 11.4 Å². The largest absolute Gasteiger partial charge is 0.478 e. The third kappa shape index (κ3) is 5.79. The highest BCUT2D eigenvalue weighted by molar-refractivity contribution is 6.30. The molecule has 1 amide bonds. The van der Waals surface area contributed by atoms with E-state index in [-0.39, 0.29) is 37.4 Å². The van der Waals surface area contributed by atoms with Crippen LogP contribution in [-0.4, -0.2) is 28.5 Å². The topological polar surface area (TPSA) is 101 Å². The molecule has 0 bridgehead atoms. The van der Waals surface area contributed by atoms with Crippen molar-refractivity contribution in [3.05, 3.63) is 74.3 Å². The fourth-order valence-electron chi connectivity index (χ4n) is 2.80. The summed E-state index contributed by atoms with van der Waals surface area (Å²) in [4.78, 5) is 36.1. The summed E-state index contributed by atoms with van der Waals surface area (Å²) in [5.41, 5.74) is 1.77. The van der Waals surface area contributed by atoms with Crippen molar-refractivity contribution in [3.63, 3.8) is 0 Å². The lowest BCUT2D eigenvalue weighted by Crippen LogP contribution is -2.31. The van der Waals surface area contributed by atoms with Crippen LogP contribution in [0.25, 0.3) is 0 Å². The molecule has 0 aromatic heterocycles. The number of hydrogen-bond acceptors (Lipinski definition) is 4. The van der Waals surface area contributed by atoms with E-state index in [0.717, 1.165) is 5.56 Å². The second-order valence-corrected chi connectivity index (χ2v) is 6.75. The van der Waals surface area contributed by atoms with Crippen LogP contribution in [0.15, 0.2) is 42.5 Å². The van der Waals surface area contributed by atoms with Crippen LogP contribution in [0.1, 0.15) is 41.3 Å². The summed E-state index contributed by atoms with van der Waals surface area (Å²) in [6, 6.07) is 11.3. The van der Waals surface area contributed by atoms with E-state index in [4.69, 9.17) is 11.6 Å². The average Bonchev–Trinajstić information content (AvgIpc) is 2.66. The van der Waals surface area contributed by atoms with Gasteiger partial charge in [-0.15, -0.1) is 0 Å². The molecular weight excluding hydrogens is 384 g/mol. The van der Waals surface area contributed by atoms with E-state index in [1.165, 1.54) is 23.1 Å². The van der Waals surface area contributed by atoms with Crippen molar-refractivity contribution in [1.29, 1.82) is 0 Å². The molecule has 8 heteroatoms. The third-order valence-corrected chi connectivity index (χ3v) is 4.46. The van der Waals surface area contributed by atoms with Crippen molar-refractivity contribution < 1.29 is 19.6 Å². The van der Waals surface area contributed by atoms with Crippen LogP contribution in [0.2, 0.25) is 5.02 Å². The van der Waals surface area contributed by atoms with E-state index in [1.807, 2.05) is 6.92 Å². The minimum Gasteiger partial charge on any atom is -0.478 e. The van der Waals surface area contributed by atoms with E-state index in [1.54, 1.807) is 24.3 Å². The summed E-state index contributed by atoms with van der Waals surface area (Å²) < 4.78 is 0. The maximum absolute atomic E-state index is 12.8. The molecule has 1 N–H and O–H groups in total. The summed E-state index contributed by atoms with van der Waals surface area (Å²) in [6.07, 6.45) is 0.997. The van der Waals surface area contributed by atoms with Gasteiger partial charge in [0.25, 0.3) is 0 Å². The molecule has 148 valence electrons. The van der Waals surface area contributed by atoms with Crippen LogP contribution < -0.4 is 4.90 Å². The average molecular weight is 405 g/mol. The van der Waals surface area contributed by atoms with E-state index in [0.29, 0.717) is 22.7 Å². The second-order valence-electron chi connectivity index (χ2n) is 6.31. The zero-order valence-electron chi connectivity index (χ0n) is 15.4. The van der Waals surface area contributed by atoms with Crippen LogP contribution in [-0.2, 0) is 17.8 Å². The van der Waals surface area contributed by atoms with E-state index < -0.39 is 10.9 Å². The number of hydrogen-bond donors (Lipinski definition) is 1. The van der Waals surface area contributed by atoms with Crippen LogP contribution in [0.5, 0.6) is 0 Å². The number of nitro groups is 1. The minimum atomic E-state index is -1.13. The Bertz CT molecular complexity index is 867. The number of anilines is 1. The summed E-state index contributed by atoms with van der Waals surface area (Å²) in [5, 5.41) is 20.7. The summed E-state index contributed by atoms with van der Waals surface area (Å²) >= 11 is 5.92. The van der Waals surface area contributed by atoms with Gasteiger partial charge in [-0.1, -0.05) is 36.7 Å². The Morgan fingerprint density at radius 2 is 1.86 bits per heavy atom. The Kier molecular flexibility index (Phi) is 7.52. The smallest absolute Gasteiger partial charge is 0.335 e. The Hall–Kier alpha value is -2.93. The monoisotopic (exact) mass is 404 g/mol. The van der Waals surface area contributed by atoms with Crippen molar-refractivity contribution in [2.45, 2.75) is 32.7 Å². The van der Waals surface area contributed by atoms with Gasteiger partial charge in [0.05, 0.1) is 12.1 Å². The van der Waals surface area contributed by atoms with Crippen LogP contribution in [0.4, 0.5) is 5.69 Å². The van der Waals surface area contributed by atoms with Gasteiger partial charge in [0.1, 0.15) is 0 Å². The number of benzene rings is 2. The van der Waals surface area contributed by atoms with Crippen LogP contribution >= 0.6 is 11.6 Å². The first-order chi connectivity index (χ1) is 13.3. The highest BCUT2D eigenvalue weighted by atomic mass is 35.5. The lowest BCUT2D eigenvalue weighted by molar-refractivity contribution is -0.479. The SMILES string of the molecule is CCCC(=O)N(Cc1ccc(Cl)cc1)c1cc(C(=O)O)ccc1CC[N+](=O)[O-]. The highest BCUT2D eigenvalue weighted by Gasteiger charge is 2.21. The van der Waals surface area contributed by atoms with Gasteiger partial charge < -0.3 is 10.0 Å². The van der Waals surface area contributed by atoms with Gasteiger partial charge in [0.2, 0.25) is 12.5 Å². The number of carbonyl (C=O) groups is 2. The fourth-order valence-corrected chi connectivity index (χ4v) is 2.93. The predicted molar refractivity (Wildman–Crippen MR) is 107 cm³/mol. The van der Waals surface area contributed by atoms with Gasteiger partial charge in [-0.05, 0) is 41.8 Å². The molecule has 28 heavy (non-hydrogen) atoms. The molecule has 0 fully saturated rings. The van der Waals surface area contributed by atoms with Crippen molar-refractivity contribution in [1.82, 2.24) is 0 Å². The normalized spacial score (nSPS) is 10.5. The van der Waals surface area contributed by atoms with Crippen molar-refractivity contribution in [2.24, 2.45) is 0 Å². The summed E-state index contributed by atoms with van der Waals surface area (Å²) in [6.45, 7) is 1.78. The fraction of sp³-hybridized carbons (Fsp3) is 0.300. The highest BCUT2D eigenvalue weighted by Crippen LogP contribution is 2.27. The Morgan fingerprint density at radius 1 is 1.18 bits per heavy atom. The molecule has 2 rings (SSSR count). The van der Waals surface area contributed by atoms with Gasteiger partial charge in [-0.3, -0.25) is 14.9 Å². The molecular formula is C20H21ClN2O5. The van der Waals surface area contributed by atoms with Gasteiger partial charge in [0.15, 0.2) is 0 Å². The van der Waals surface area contributed by atoms with Crippen LogP contribution in [0, 0.1) is 10.1 Å². The van der Waals surface area contributed by atoms with Gasteiger partial charge in [0, 0.05) is 28.5 Å².